The molecule has 0 atom stereocenters. The fraction of sp³-hybridized carbons (Fsp3) is 0.368. The number of rotatable bonds is 8. The summed E-state index contributed by atoms with van der Waals surface area (Å²) in [4.78, 5) is 10.5. The van der Waals surface area contributed by atoms with E-state index in [0.29, 0.717) is 17.1 Å². The van der Waals surface area contributed by atoms with Crippen molar-refractivity contribution in [3.05, 3.63) is 58.1 Å². The standard InChI is InChI=1S/C19H22N2O6S/c1-26-18-11-10-17(12-19(18)27-2)28(24,25)20(15-4-3-5-15)13-14-6-8-16(9-7-14)21(22)23/h6-12,15H,3-5,13H2,1-2H3. The lowest BCUT2D eigenvalue weighted by Crippen LogP contribution is -2.43. The zero-order valence-electron chi connectivity index (χ0n) is 15.7. The zero-order chi connectivity index (χ0) is 20.3. The van der Waals surface area contributed by atoms with Gasteiger partial charge < -0.3 is 9.47 Å². The maximum Gasteiger partial charge on any atom is 0.269 e. The fourth-order valence-corrected chi connectivity index (χ4v) is 4.79. The molecule has 0 aliphatic heterocycles. The van der Waals surface area contributed by atoms with E-state index in [0.717, 1.165) is 19.3 Å². The van der Waals surface area contributed by atoms with E-state index in [9.17, 15) is 18.5 Å². The van der Waals surface area contributed by atoms with E-state index < -0.39 is 14.9 Å². The molecule has 0 aromatic heterocycles. The third kappa shape index (κ3) is 3.95. The summed E-state index contributed by atoms with van der Waals surface area (Å²) in [6, 6.07) is 10.4. The van der Waals surface area contributed by atoms with Crippen molar-refractivity contribution in [2.75, 3.05) is 14.2 Å². The second-order valence-corrected chi connectivity index (χ2v) is 8.47. The molecule has 0 radical (unpaired) electrons. The Balaban J connectivity index is 1.93. The smallest absolute Gasteiger partial charge is 0.269 e. The summed E-state index contributed by atoms with van der Waals surface area (Å²) in [5.74, 6) is 0.791. The van der Waals surface area contributed by atoms with Crippen molar-refractivity contribution in [2.24, 2.45) is 0 Å². The first-order chi connectivity index (χ1) is 13.4. The van der Waals surface area contributed by atoms with Crippen molar-refractivity contribution in [3.63, 3.8) is 0 Å². The highest BCUT2D eigenvalue weighted by atomic mass is 32.2. The molecule has 1 aliphatic rings. The molecule has 0 N–H and O–H groups in total. The molecule has 2 aromatic rings. The van der Waals surface area contributed by atoms with Crippen LogP contribution in [0.4, 0.5) is 5.69 Å². The van der Waals surface area contributed by atoms with Gasteiger partial charge in [-0.3, -0.25) is 10.1 Å². The average molecular weight is 406 g/mol. The normalized spacial score (nSPS) is 14.5. The van der Waals surface area contributed by atoms with E-state index in [2.05, 4.69) is 0 Å². The Kier molecular flexibility index (Phi) is 5.85. The Morgan fingerprint density at radius 2 is 1.71 bits per heavy atom. The van der Waals surface area contributed by atoms with E-state index in [1.807, 2.05) is 0 Å². The zero-order valence-corrected chi connectivity index (χ0v) is 16.5. The summed E-state index contributed by atoms with van der Waals surface area (Å²) in [5.41, 5.74) is 0.670. The van der Waals surface area contributed by atoms with Crippen LogP contribution in [-0.4, -0.2) is 37.9 Å². The Hall–Kier alpha value is -2.65. The number of non-ortho nitro benzene ring substituents is 1. The number of methoxy groups -OCH3 is 2. The molecule has 2 aromatic carbocycles. The number of hydrogen-bond donors (Lipinski definition) is 0. The lowest BCUT2D eigenvalue weighted by Gasteiger charge is -2.36. The van der Waals surface area contributed by atoms with Crippen LogP contribution in [0.2, 0.25) is 0 Å². The topological polar surface area (TPSA) is 99.0 Å². The molecule has 0 heterocycles. The van der Waals surface area contributed by atoms with Gasteiger partial charge in [-0.05, 0) is 30.5 Å². The first-order valence-electron chi connectivity index (χ1n) is 8.84. The van der Waals surface area contributed by atoms with Gasteiger partial charge in [0.15, 0.2) is 11.5 Å². The van der Waals surface area contributed by atoms with Crippen LogP contribution in [0, 0.1) is 10.1 Å². The number of nitro benzene ring substituents is 1. The monoisotopic (exact) mass is 406 g/mol. The number of nitrogens with zero attached hydrogens (tertiary/aromatic N) is 2. The first kappa shape index (κ1) is 20.1. The van der Waals surface area contributed by atoms with Gasteiger partial charge in [0, 0.05) is 30.8 Å². The van der Waals surface area contributed by atoms with Gasteiger partial charge in [0.2, 0.25) is 10.0 Å². The predicted molar refractivity (Wildman–Crippen MR) is 103 cm³/mol. The van der Waals surface area contributed by atoms with Crippen LogP contribution in [-0.2, 0) is 16.6 Å². The minimum Gasteiger partial charge on any atom is -0.493 e. The molecule has 0 saturated heterocycles. The molecule has 1 fully saturated rings. The molecule has 1 saturated carbocycles. The number of nitro groups is 1. The highest BCUT2D eigenvalue weighted by Crippen LogP contribution is 2.35. The fourth-order valence-electron chi connectivity index (χ4n) is 3.10. The Morgan fingerprint density at radius 3 is 2.21 bits per heavy atom. The summed E-state index contributed by atoms with van der Waals surface area (Å²) >= 11 is 0. The predicted octanol–water partition coefficient (Wildman–Crippen LogP) is 3.36. The molecule has 1 aliphatic carbocycles. The van der Waals surface area contributed by atoms with Gasteiger partial charge in [-0.1, -0.05) is 18.6 Å². The van der Waals surface area contributed by atoms with Crippen LogP contribution < -0.4 is 9.47 Å². The van der Waals surface area contributed by atoms with Gasteiger partial charge in [0.05, 0.1) is 24.0 Å². The van der Waals surface area contributed by atoms with Crippen molar-refractivity contribution >= 4 is 15.7 Å². The highest BCUT2D eigenvalue weighted by molar-refractivity contribution is 7.89. The molecule has 0 spiro atoms. The summed E-state index contributed by atoms with van der Waals surface area (Å²) in [6.45, 7) is 0.152. The quantitative estimate of drug-likeness (QED) is 0.492. The van der Waals surface area contributed by atoms with Crippen molar-refractivity contribution in [3.8, 4) is 11.5 Å². The summed E-state index contributed by atoms with van der Waals surface area (Å²) in [5, 5.41) is 10.8. The maximum absolute atomic E-state index is 13.3. The second kappa shape index (κ2) is 8.15. The van der Waals surface area contributed by atoms with Crippen LogP contribution in [0.15, 0.2) is 47.4 Å². The molecule has 8 nitrogen and oxygen atoms in total. The van der Waals surface area contributed by atoms with Gasteiger partial charge >= 0.3 is 0 Å². The summed E-state index contributed by atoms with van der Waals surface area (Å²) in [7, 11) is -0.839. The van der Waals surface area contributed by atoms with Crippen LogP contribution in [0.25, 0.3) is 0 Å². The van der Waals surface area contributed by atoms with Gasteiger partial charge in [-0.2, -0.15) is 4.31 Å². The molecule has 9 heteroatoms. The van der Waals surface area contributed by atoms with Gasteiger partial charge in [0.1, 0.15) is 0 Å². The van der Waals surface area contributed by atoms with E-state index >= 15 is 0 Å². The minimum atomic E-state index is -3.78. The van der Waals surface area contributed by atoms with Crippen LogP contribution in [0.3, 0.4) is 0 Å². The average Bonchev–Trinajstić information content (AvgIpc) is 2.65. The third-order valence-corrected chi connectivity index (χ3v) is 6.82. The molecule has 150 valence electrons. The van der Waals surface area contributed by atoms with E-state index in [1.54, 1.807) is 18.2 Å². The molecule has 3 rings (SSSR count). The van der Waals surface area contributed by atoms with Crippen LogP contribution >= 0.6 is 0 Å². The minimum absolute atomic E-state index is 0.0262. The number of sulfonamides is 1. The lowest BCUT2D eigenvalue weighted by molar-refractivity contribution is -0.384. The number of hydrogen-bond acceptors (Lipinski definition) is 6. The van der Waals surface area contributed by atoms with Crippen molar-refractivity contribution in [2.45, 2.75) is 36.7 Å². The third-order valence-electron chi connectivity index (χ3n) is 4.93. The van der Waals surface area contributed by atoms with Crippen LogP contribution in [0.1, 0.15) is 24.8 Å². The summed E-state index contributed by atoms with van der Waals surface area (Å²) in [6.07, 6.45) is 2.56. The molecule has 28 heavy (non-hydrogen) atoms. The molecular formula is C19H22N2O6S. The van der Waals surface area contributed by atoms with Gasteiger partial charge in [0.25, 0.3) is 5.69 Å². The Labute approximate surface area is 163 Å². The SMILES string of the molecule is COc1ccc(S(=O)(=O)N(Cc2ccc([N+](=O)[O-])cc2)C2CCC2)cc1OC. The highest BCUT2D eigenvalue weighted by Gasteiger charge is 2.35. The summed E-state index contributed by atoms with van der Waals surface area (Å²) < 4.78 is 38.6. The first-order valence-corrected chi connectivity index (χ1v) is 10.3. The molecule has 0 bridgehead atoms. The van der Waals surface area contributed by atoms with Crippen molar-refractivity contribution in [1.29, 1.82) is 0 Å². The van der Waals surface area contributed by atoms with Crippen LogP contribution in [0.5, 0.6) is 11.5 Å². The Bertz CT molecular complexity index is 955. The second-order valence-electron chi connectivity index (χ2n) is 6.58. The van der Waals surface area contributed by atoms with E-state index in [-0.39, 0.29) is 23.2 Å². The van der Waals surface area contributed by atoms with Gasteiger partial charge in [-0.25, -0.2) is 8.42 Å². The largest absolute Gasteiger partial charge is 0.493 e. The van der Waals surface area contributed by atoms with E-state index in [1.165, 1.54) is 42.8 Å². The van der Waals surface area contributed by atoms with E-state index in [4.69, 9.17) is 9.47 Å². The lowest BCUT2D eigenvalue weighted by atomic mass is 9.93. The molecular weight excluding hydrogens is 384 g/mol. The maximum atomic E-state index is 13.3. The van der Waals surface area contributed by atoms with Gasteiger partial charge in [-0.15, -0.1) is 0 Å². The number of benzene rings is 2. The number of ether oxygens (including phenoxy) is 2. The Morgan fingerprint density at radius 1 is 1.07 bits per heavy atom. The van der Waals surface area contributed by atoms with Crippen molar-refractivity contribution < 1.29 is 22.8 Å². The molecule has 0 unspecified atom stereocenters. The molecule has 0 amide bonds. The van der Waals surface area contributed by atoms with Crippen molar-refractivity contribution in [1.82, 2.24) is 4.31 Å².